The fourth-order valence-corrected chi connectivity index (χ4v) is 13.6. The van der Waals surface area contributed by atoms with Crippen LogP contribution in [0.4, 0.5) is 16.7 Å². The van der Waals surface area contributed by atoms with Crippen molar-refractivity contribution in [1.82, 2.24) is 35.1 Å². The number of hydrogen-bond acceptors (Lipinski definition) is 22. The quantitative estimate of drug-likeness (QED) is 0.118. The Morgan fingerprint density at radius 3 is 2.22 bits per heavy atom. The maximum atomic E-state index is 14.7. The molecule has 5 aliphatic heterocycles. The van der Waals surface area contributed by atoms with Crippen molar-refractivity contribution < 1.29 is 72.6 Å². The van der Waals surface area contributed by atoms with Gasteiger partial charge in [-0.25, -0.2) is 29.5 Å². The zero-order valence-electron chi connectivity index (χ0n) is 55.5. The third kappa shape index (κ3) is 18.1. The van der Waals surface area contributed by atoms with Crippen LogP contribution in [0, 0.1) is 29.6 Å². The van der Waals surface area contributed by atoms with Crippen LogP contribution in [0.15, 0.2) is 66.2 Å². The molecular weight excluding hydrogens is 1200 g/mol. The highest BCUT2D eigenvalue weighted by atomic mass is 16.6. The average Bonchev–Trinajstić information content (AvgIpc) is 0.794. The van der Waals surface area contributed by atoms with Crippen LogP contribution < -0.4 is 20.9 Å². The Bertz CT molecular complexity index is 3080. The molecule has 0 aromatic carbocycles. The second kappa shape index (κ2) is 33.0. The number of carbonyl (C=O) groups excluding carboxylic acids is 7. The predicted molar refractivity (Wildman–Crippen MR) is 344 cm³/mol. The van der Waals surface area contributed by atoms with Crippen LogP contribution in [-0.2, 0) is 60.6 Å². The lowest BCUT2D eigenvalue weighted by Crippen LogP contribution is -2.61. The van der Waals surface area contributed by atoms with Gasteiger partial charge in [0.2, 0.25) is 17.7 Å². The van der Waals surface area contributed by atoms with E-state index in [-0.39, 0.29) is 55.7 Å². The maximum absolute atomic E-state index is 14.7. The van der Waals surface area contributed by atoms with Crippen LogP contribution in [0.2, 0.25) is 0 Å². The van der Waals surface area contributed by atoms with E-state index in [4.69, 9.17) is 39.4 Å². The first-order chi connectivity index (χ1) is 44.4. The Labute approximate surface area is 545 Å². The molecule has 0 radical (unpaired) electrons. The first-order valence-corrected chi connectivity index (χ1v) is 33.2. The summed E-state index contributed by atoms with van der Waals surface area (Å²) in [6.45, 7) is 15.8. The highest BCUT2D eigenvalue weighted by Gasteiger charge is 2.53. The van der Waals surface area contributed by atoms with Gasteiger partial charge < -0.3 is 69.7 Å². The van der Waals surface area contributed by atoms with E-state index in [0.717, 1.165) is 21.7 Å². The number of ketones is 3. The van der Waals surface area contributed by atoms with Crippen molar-refractivity contribution in [2.45, 2.75) is 199 Å². The van der Waals surface area contributed by atoms with Gasteiger partial charge >= 0.3 is 12.1 Å². The molecule has 6 aliphatic rings. The number of aliphatic hydroxyl groups is 3. The predicted octanol–water partition coefficient (Wildman–Crippen LogP) is 5.08. The van der Waals surface area contributed by atoms with Crippen molar-refractivity contribution in [3.63, 3.8) is 0 Å². The van der Waals surface area contributed by atoms with Crippen LogP contribution >= 0.6 is 0 Å². The fourth-order valence-electron chi connectivity index (χ4n) is 13.6. The fraction of sp³-hybridized carbons (Fsp3) is 0.662. The second-order valence-corrected chi connectivity index (χ2v) is 26.3. The van der Waals surface area contributed by atoms with E-state index in [1.807, 2.05) is 51.2 Å². The summed E-state index contributed by atoms with van der Waals surface area (Å²) in [5.74, 6) is -8.29. The molecule has 15 atom stereocenters. The monoisotopic (exact) mass is 1290 g/mol. The number of Topliss-reactive ketones (excluding diaryl/α,β-unsaturated/α-hetero) is 3. The number of piperidine rings is 1. The number of nitrogens with two attached hydrogens (primary N) is 1. The number of rotatable bonds is 10. The molecule has 7 heterocycles. The molecule has 8 rings (SSSR count). The summed E-state index contributed by atoms with van der Waals surface area (Å²) in [6.07, 6.45) is 12.5. The van der Waals surface area contributed by atoms with Crippen molar-refractivity contribution in [2.75, 3.05) is 69.8 Å². The molecule has 4 fully saturated rings. The Hall–Kier alpha value is -6.87. The molecule has 93 heavy (non-hydrogen) atoms. The highest BCUT2D eigenvalue weighted by molar-refractivity contribution is 6.39. The number of aliphatic hydroxyl groups excluding tert-OH is 2. The number of aromatic nitrogens is 4. The molecule has 2 bridgehead atoms. The zero-order chi connectivity index (χ0) is 67.3. The molecule has 25 nitrogen and oxygen atoms in total. The van der Waals surface area contributed by atoms with Gasteiger partial charge in [0.25, 0.3) is 17.6 Å². The number of fused-ring (bicyclic) bond motifs is 4. The van der Waals surface area contributed by atoms with Crippen LogP contribution in [0.1, 0.15) is 147 Å². The lowest BCUT2D eigenvalue weighted by molar-refractivity contribution is -0.265. The molecule has 6 N–H and O–H groups in total. The van der Waals surface area contributed by atoms with Crippen LogP contribution in [0.5, 0.6) is 0 Å². The lowest BCUT2D eigenvalue weighted by Gasteiger charge is -2.42. The first kappa shape index (κ1) is 72.0. The molecule has 2 aromatic heterocycles. The van der Waals surface area contributed by atoms with E-state index >= 15 is 0 Å². The number of anilines is 2. The van der Waals surface area contributed by atoms with Gasteiger partial charge in [0.15, 0.2) is 5.78 Å². The van der Waals surface area contributed by atoms with Crippen molar-refractivity contribution >= 4 is 53.1 Å². The van der Waals surface area contributed by atoms with Gasteiger partial charge in [-0.15, -0.1) is 0 Å². The normalized spacial score (nSPS) is 33.4. The standard InChI is InChI=1S/C68H98N10O15/c1-10-70-62(84)47-36-71-65(72-37-47)75-26-28-76(29-27-75)66-73-38-48-39-77(25-23-51(48)74-66)67(87)92-54-22-20-46(33-57(54)90-9)32-50(69)56-35-53(79)42(4)31-44(6)59(81)60(82)58(80)43(5)30-40(2)16-12-11-13-17-41(3)55(89-8)34-49-21-19-45(7)68(88,93-49)61(83)63(85)78-24-15-14-18-52(78)64(86)91-56/h11-13,16-17,31,36-38,40,42-43,45-46,49-50,52,54-57,59-60,81-82,88H,10,14-15,18-30,32-35,39,69H2,1-9H3,(H,70,84)/b13-11+,16-12+,41-17+,44-31+/t40-,42-,43-,45-,46+,49+,50-,52+,54-,55+,56+,57-,59-,60+,68-/m1/s1. The minimum absolute atomic E-state index is 0.00595. The van der Waals surface area contributed by atoms with Crippen LogP contribution in [0.3, 0.4) is 0 Å². The molecule has 0 unspecified atom stereocenters. The summed E-state index contributed by atoms with van der Waals surface area (Å²) in [5, 5.41) is 37.3. The van der Waals surface area contributed by atoms with Gasteiger partial charge in [0.05, 0.1) is 36.1 Å². The lowest BCUT2D eigenvalue weighted by atomic mass is 9.80. The third-order valence-electron chi connectivity index (χ3n) is 19.5. The van der Waals surface area contributed by atoms with Gasteiger partial charge in [0, 0.05) is 127 Å². The Kier molecular flexibility index (Phi) is 25.5. The number of nitrogens with zero attached hydrogens (tertiary/aromatic N) is 8. The van der Waals surface area contributed by atoms with E-state index in [2.05, 4.69) is 25.1 Å². The second-order valence-electron chi connectivity index (χ2n) is 26.3. The number of piperazine rings is 1. The molecule has 0 spiro atoms. The number of hydrogen-bond donors (Lipinski definition) is 5. The molecule has 25 heteroatoms. The molecule has 1 aliphatic carbocycles. The Balaban J connectivity index is 0.934. The minimum Gasteiger partial charge on any atom is -0.459 e. The van der Waals surface area contributed by atoms with E-state index in [1.54, 1.807) is 46.1 Å². The van der Waals surface area contributed by atoms with E-state index in [9.17, 15) is 48.9 Å². The van der Waals surface area contributed by atoms with E-state index < -0.39 is 120 Å². The SMILES string of the molecule is CCNC(=O)c1cnc(N2CCN(c3ncc4c(n3)CCN(C(=O)O[C@@H]3CC[C@@H](C[C@@H](N)[C@@H]5CC(=O)[C@H](C)/C=C(\C)[C@@H](O)[C@@H](O)C(=O)[C@H](C)C[C@H](C)/C=C/C=C/C=C(\C)[C@@H](OC)C[C@@H]6CC[C@@H](C)[C@@](O)(O6)C(=O)C(=O)N6CCCC[C@H]6C(=O)O5)C[C@H]3OC)C4)CC2)nc1. The smallest absolute Gasteiger partial charge is 0.410 e. The number of carbonyl (C=O) groups is 7. The van der Waals surface area contributed by atoms with Gasteiger partial charge in [-0.2, -0.15) is 0 Å². The highest BCUT2D eigenvalue weighted by Crippen LogP contribution is 2.38. The number of methoxy groups -OCH3 is 2. The minimum atomic E-state index is -2.50. The number of allylic oxidation sites excluding steroid dienone is 6. The average molecular weight is 1300 g/mol. The summed E-state index contributed by atoms with van der Waals surface area (Å²) < 4.78 is 30.5. The summed E-state index contributed by atoms with van der Waals surface area (Å²) in [4.78, 5) is 123. The molecule has 3 saturated heterocycles. The van der Waals surface area contributed by atoms with Gasteiger partial charge in [-0.1, -0.05) is 64.2 Å². The van der Waals surface area contributed by atoms with Crippen LogP contribution in [0.25, 0.3) is 0 Å². The molecule has 510 valence electrons. The van der Waals surface area contributed by atoms with Crippen molar-refractivity contribution in [3.8, 4) is 0 Å². The Morgan fingerprint density at radius 1 is 0.806 bits per heavy atom. The molecule has 2 aromatic rings. The largest absolute Gasteiger partial charge is 0.459 e. The summed E-state index contributed by atoms with van der Waals surface area (Å²) in [7, 11) is 3.10. The summed E-state index contributed by atoms with van der Waals surface area (Å²) in [6, 6.07) is -2.23. The number of esters is 1. The zero-order valence-corrected chi connectivity index (χ0v) is 55.5. The molecular formula is C68H98N10O15. The molecule has 3 amide bonds. The number of nitrogens with one attached hydrogen (secondary N) is 1. The van der Waals surface area contributed by atoms with Crippen LogP contribution in [-0.4, -0.2) is 207 Å². The van der Waals surface area contributed by atoms with E-state index in [0.29, 0.717) is 115 Å². The number of cyclic esters (lactones) is 1. The summed E-state index contributed by atoms with van der Waals surface area (Å²) in [5.41, 5.74) is 10.1. The van der Waals surface area contributed by atoms with Crippen molar-refractivity contribution in [2.24, 2.45) is 35.3 Å². The topological polar surface area (TPSA) is 329 Å². The van der Waals surface area contributed by atoms with Gasteiger partial charge in [0.1, 0.15) is 36.2 Å². The maximum Gasteiger partial charge on any atom is 0.410 e. The van der Waals surface area contributed by atoms with Crippen molar-refractivity contribution in [1.29, 1.82) is 0 Å². The number of amides is 3. The number of ether oxygens (including phenoxy) is 5. The van der Waals surface area contributed by atoms with Gasteiger partial charge in [-0.05, 0) is 108 Å². The van der Waals surface area contributed by atoms with Gasteiger partial charge in [-0.3, -0.25) is 24.0 Å². The summed E-state index contributed by atoms with van der Waals surface area (Å²) >= 11 is 0. The third-order valence-corrected chi connectivity index (χ3v) is 19.5. The van der Waals surface area contributed by atoms with E-state index in [1.165, 1.54) is 25.4 Å². The first-order valence-electron chi connectivity index (χ1n) is 33.2. The van der Waals surface area contributed by atoms with Crippen molar-refractivity contribution in [3.05, 3.63) is 83.0 Å². The molecule has 1 saturated carbocycles. The Morgan fingerprint density at radius 2 is 1.52 bits per heavy atom.